The summed E-state index contributed by atoms with van der Waals surface area (Å²) in [4.78, 5) is 43.4. The summed E-state index contributed by atoms with van der Waals surface area (Å²) in [5, 5.41) is 5.60. The molecule has 9 heteroatoms. The Morgan fingerprint density at radius 2 is 2.11 bits per heavy atom. The van der Waals surface area contributed by atoms with E-state index in [9.17, 15) is 14.4 Å². The highest BCUT2D eigenvalue weighted by atomic mass is 16.5. The summed E-state index contributed by atoms with van der Waals surface area (Å²) in [6.45, 7) is 2.57. The molecule has 0 bridgehead atoms. The van der Waals surface area contributed by atoms with Crippen LogP contribution in [0.5, 0.6) is 0 Å². The van der Waals surface area contributed by atoms with Crippen molar-refractivity contribution >= 4 is 23.3 Å². The zero-order valence-electron chi connectivity index (χ0n) is 15.3. The molecule has 2 amide bonds. The quantitative estimate of drug-likeness (QED) is 0.673. The van der Waals surface area contributed by atoms with E-state index in [1.165, 1.54) is 4.52 Å². The number of amides is 2. The smallest absolute Gasteiger partial charge is 0.340 e. The van der Waals surface area contributed by atoms with Crippen molar-refractivity contribution in [2.75, 3.05) is 18.5 Å². The second kappa shape index (κ2) is 7.18. The van der Waals surface area contributed by atoms with Crippen LogP contribution in [0, 0.1) is 0 Å². The monoisotopic (exact) mass is 381 g/mol. The van der Waals surface area contributed by atoms with Gasteiger partial charge in [0.2, 0.25) is 0 Å². The van der Waals surface area contributed by atoms with Crippen LogP contribution in [0.1, 0.15) is 28.5 Å². The molecule has 0 atom stereocenters. The number of hydrogen-bond donors (Lipinski definition) is 2. The number of esters is 1. The topological polar surface area (TPSA) is 109 Å². The molecule has 3 heterocycles. The molecule has 0 saturated heterocycles. The van der Waals surface area contributed by atoms with E-state index in [-0.39, 0.29) is 24.7 Å². The second-order valence-corrected chi connectivity index (χ2v) is 6.37. The maximum Gasteiger partial charge on any atom is 0.340 e. The fourth-order valence-electron chi connectivity index (χ4n) is 3.28. The molecule has 144 valence electrons. The second-order valence-electron chi connectivity index (χ2n) is 6.37. The average Bonchev–Trinajstić information content (AvgIpc) is 3.17. The Balaban J connectivity index is 1.56. The van der Waals surface area contributed by atoms with E-state index >= 15 is 0 Å². The zero-order valence-corrected chi connectivity index (χ0v) is 15.3. The first-order valence-corrected chi connectivity index (χ1v) is 8.98. The maximum absolute atomic E-state index is 12.8. The number of H-pyrrole nitrogens is 1. The van der Waals surface area contributed by atoms with Crippen LogP contribution in [0.15, 0.2) is 41.3 Å². The first-order valence-electron chi connectivity index (χ1n) is 8.98. The summed E-state index contributed by atoms with van der Waals surface area (Å²) in [7, 11) is 0. The van der Waals surface area contributed by atoms with Crippen LogP contribution in [0.3, 0.4) is 0 Å². The standard InChI is InChI=1S/C19H19N5O4/c1-2-28-18(26)13-5-3-4-6-14(13)22-19(27)23-10-8-12-15(11-23)21-16-7-9-20-24(16)17(12)25/h3-7,9,20H,2,8,10-11H2,1H3,(H,22,27). The first kappa shape index (κ1) is 17.8. The number of benzene rings is 1. The van der Waals surface area contributed by atoms with Crippen molar-refractivity contribution < 1.29 is 14.3 Å². The zero-order chi connectivity index (χ0) is 19.7. The van der Waals surface area contributed by atoms with Crippen LogP contribution in [0.25, 0.3) is 5.65 Å². The van der Waals surface area contributed by atoms with Gasteiger partial charge in [-0.1, -0.05) is 12.1 Å². The highest BCUT2D eigenvalue weighted by Crippen LogP contribution is 2.20. The number of nitrogens with zero attached hydrogens (tertiary/aromatic N) is 3. The molecule has 0 fully saturated rings. The molecule has 2 N–H and O–H groups in total. The van der Waals surface area contributed by atoms with Crippen molar-refractivity contribution in [3.8, 4) is 0 Å². The molecule has 4 rings (SSSR count). The van der Waals surface area contributed by atoms with Gasteiger partial charge in [-0.3, -0.25) is 9.89 Å². The van der Waals surface area contributed by atoms with E-state index in [1.807, 2.05) is 0 Å². The van der Waals surface area contributed by atoms with Crippen molar-refractivity contribution in [2.24, 2.45) is 0 Å². The maximum atomic E-state index is 12.8. The number of rotatable bonds is 3. The van der Waals surface area contributed by atoms with Gasteiger partial charge in [0.15, 0.2) is 5.65 Å². The number of ether oxygens (including phenoxy) is 1. The van der Waals surface area contributed by atoms with Crippen LogP contribution >= 0.6 is 0 Å². The highest BCUT2D eigenvalue weighted by molar-refractivity contribution is 6.00. The molecule has 28 heavy (non-hydrogen) atoms. The summed E-state index contributed by atoms with van der Waals surface area (Å²) in [5.74, 6) is -0.494. The Morgan fingerprint density at radius 1 is 1.29 bits per heavy atom. The van der Waals surface area contributed by atoms with Gasteiger partial charge >= 0.3 is 12.0 Å². The Morgan fingerprint density at radius 3 is 2.93 bits per heavy atom. The van der Waals surface area contributed by atoms with E-state index in [1.54, 1.807) is 48.4 Å². The predicted octanol–water partition coefficient (Wildman–Crippen LogP) is 1.79. The summed E-state index contributed by atoms with van der Waals surface area (Å²) in [5.41, 5.74) is 2.24. The van der Waals surface area contributed by atoms with Gasteiger partial charge in [-0.05, 0) is 25.5 Å². The number of fused-ring (bicyclic) bond motifs is 2. The van der Waals surface area contributed by atoms with E-state index in [4.69, 9.17) is 4.74 Å². The average molecular weight is 381 g/mol. The first-order chi connectivity index (χ1) is 13.6. The molecule has 0 saturated carbocycles. The summed E-state index contributed by atoms with van der Waals surface area (Å²) in [6.07, 6.45) is 2.06. The molecule has 9 nitrogen and oxygen atoms in total. The Kier molecular flexibility index (Phi) is 4.56. The molecule has 2 aromatic heterocycles. The van der Waals surface area contributed by atoms with Gasteiger partial charge in [0, 0.05) is 24.4 Å². The molecular formula is C19H19N5O4. The third-order valence-electron chi connectivity index (χ3n) is 4.65. The number of aromatic nitrogens is 3. The van der Waals surface area contributed by atoms with Crippen LogP contribution in [0.2, 0.25) is 0 Å². The minimum atomic E-state index is -0.494. The fraction of sp³-hybridized carbons (Fsp3) is 0.263. The van der Waals surface area contributed by atoms with Crippen molar-refractivity contribution in [1.82, 2.24) is 19.5 Å². The number of carbonyl (C=O) groups excluding carboxylic acids is 2. The molecule has 0 spiro atoms. The summed E-state index contributed by atoms with van der Waals surface area (Å²) >= 11 is 0. The Bertz CT molecular complexity index is 1120. The van der Waals surface area contributed by atoms with Gasteiger partial charge in [-0.15, -0.1) is 0 Å². The molecule has 0 unspecified atom stereocenters. The van der Waals surface area contributed by atoms with E-state index in [0.717, 1.165) is 0 Å². The lowest BCUT2D eigenvalue weighted by molar-refractivity contribution is 0.0527. The summed E-state index contributed by atoms with van der Waals surface area (Å²) < 4.78 is 6.43. The molecule has 3 aromatic rings. The number of anilines is 1. The van der Waals surface area contributed by atoms with Crippen LogP contribution in [-0.2, 0) is 17.7 Å². The van der Waals surface area contributed by atoms with Gasteiger partial charge < -0.3 is 15.0 Å². The Labute approximate surface area is 159 Å². The van der Waals surface area contributed by atoms with Crippen LogP contribution in [0.4, 0.5) is 10.5 Å². The number of hydrogen-bond acceptors (Lipinski definition) is 5. The number of urea groups is 1. The lowest BCUT2D eigenvalue weighted by Crippen LogP contribution is -2.42. The SMILES string of the molecule is CCOC(=O)c1ccccc1NC(=O)N1CCc2c(nc3cc[nH]n3c2=O)C1. The molecule has 1 aromatic carbocycles. The fourth-order valence-corrected chi connectivity index (χ4v) is 3.28. The van der Waals surface area contributed by atoms with Gasteiger partial charge in [-0.25, -0.2) is 19.1 Å². The number of nitrogens with one attached hydrogen (secondary N) is 2. The number of carbonyl (C=O) groups is 2. The molecule has 1 aliphatic heterocycles. The third kappa shape index (κ3) is 3.11. The Hall–Kier alpha value is -3.62. The van der Waals surface area contributed by atoms with Crippen molar-refractivity contribution in [3.05, 3.63) is 63.7 Å². The molecule has 0 radical (unpaired) electrons. The van der Waals surface area contributed by atoms with Gasteiger partial charge in [0.1, 0.15) is 0 Å². The lowest BCUT2D eigenvalue weighted by atomic mass is 10.1. The highest BCUT2D eigenvalue weighted by Gasteiger charge is 2.26. The van der Waals surface area contributed by atoms with Crippen molar-refractivity contribution in [2.45, 2.75) is 19.9 Å². The van der Waals surface area contributed by atoms with Crippen molar-refractivity contribution in [1.29, 1.82) is 0 Å². The molecular weight excluding hydrogens is 362 g/mol. The third-order valence-corrected chi connectivity index (χ3v) is 4.65. The minimum Gasteiger partial charge on any atom is -0.462 e. The largest absolute Gasteiger partial charge is 0.462 e. The molecule has 1 aliphatic rings. The predicted molar refractivity (Wildman–Crippen MR) is 101 cm³/mol. The molecule has 0 aliphatic carbocycles. The van der Waals surface area contributed by atoms with Gasteiger partial charge in [0.05, 0.1) is 30.1 Å². The van der Waals surface area contributed by atoms with E-state index < -0.39 is 5.97 Å². The summed E-state index contributed by atoms with van der Waals surface area (Å²) in [6, 6.07) is 8.03. The van der Waals surface area contributed by atoms with Gasteiger partial charge in [0.25, 0.3) is 5.56 Å². The van der Waals surface area contributed by atoms with Crippen LogP contribution in [-0.4, -0.2) is 44.7 Å². The van der Waals surface area contributed by atoms with E-state index in [2.05, 4.69) is 15.4 Å². The van der Waals surface area contributed by atoms with Gasteiger partial charge in [-0.2, -0.15) is 0 Å². The van der Waals surface area contributed by atoms with Crippen LogP contribution < -0.4 is 10.9 Å². The van der Waals surface area contributed by atoms with E-state index in [0.29, 0.717) is 41.1 Å². The van der Waals surface area contributed by atoms with Crippen molar-refractivity contribution in [3.63, 3.8) is 0 Å². The number of aromatic amines is 1. The normalized spacial score (nSPS) is 13.2. The number of para-hydroxylation sites is 1. The minimum absolute atomic E-state index is 0.141. The lowest BCUT2D eigenvalue weighted by Gasteiger charge is -2.28.